The van der Waals surface area contributed by atoms with Crippen molar-refractivity contribution in [2.24, 2.45) is 0 Å². The second kappa shape index (κ2) is 11.0. The van der Waals surface area contributed by atoms with Crippen LogP contribution in [0.1, 0.15) is 31.4 Å². The van der Waals surface area contributed by atoms with Crippen molar-refractivity contribution in [2.45, 2.75) is 44.2 Å². The molecule has 1 N–H and O–H groups in total. The molecule has 0 aliphatic heterocycles. The van der Waals surface area contributed by atoms with Crippen molar-refractivity contribution < 1.29 is 13.2 Å². The summed E-state index contributed by atoms with van der Waals surface area (Å²) in [6.45, 7) is 4.66. The average molecular weight is 531 g/mol. The number of thiazole rings is 1. The van der Waals surface area contributed by atoms with Gasteiger partial charge in [-0.2, -0.15) is 0 Å². The topological polar surface area (TPSA) is 77.4 Å². The lowest BCUT2D eigenvalue weighted by atomic mass is 10.1. The van der Waals surface area contributed by atoms with Crippen LogP contribution in [0.4, 0.5) is 0 Å². The molecule has 0 fully saturated rings. The lowest BCUT2D eigenvalue weighted by Gasteiger charge is -2.11. The number of nitrogens with zero attached hydrogens (tertiary/aromatic N) is 1. The van der Waals surface area contributed by atoms with Gasteiger partial charge in [0.15, 0.2) is 0 Å². The van der Waals surface area contributed by atoms with E-state index in [-0.39, 0.29) is 15.9 Å². The first kappa shape index (κ1) is 25.4. The van der Waals surface area contributed by atoms with Gasteiger partial charge in [0, 0.05) is 11.6 Å². The lowest BCUT2D eigenvalue weighted by molar-refractivity contribution is 0.242. The Morgan fingerprint density at radius 1 is 1.03 bits per heavy atom. The molecule has 1 aromatic heterocycles. The third kappa shape index (κ3) is 6.52. The van der Waals surface area contributed by atoms with Crippen LogP contribution in [0, 0.1) is 0 Å². The van der Waals surface area contributed by atoms with E-state index in [9.17, 15) is 13.2 Å². The molecule has 0 spiro atoms. The number of sulfonamides is 1. The zero-order valence-corrected chi connectivity index (χ0v) is 21.9. The molecule has 1 heterocycles. The van der Waals surface area contributed by atoms with Crippen molar-refractivity contribution in [3.8, 4) is 5.75 Å². The van der Waals surface area contributed by atoms with Gasteiger partial charge in [0.2, 0.25) is 10.0 Å². The summed E-state index contributed by atoms with van der Waals surface area (Å²) in [4.78, 5) is 12.6. The summed E-state index contributed by atoms with van der Waals surface area (Å²) in [5, 5.41) is 0.632. The molecule has 0 atom stereocenters. The van der Waals surface area contributed by atoms with E-state index >= 15 is 0 Å². The van der Waals surface area contributed by atoms with Crippen molar-refractivity contribution >= 4 is 43.2 Å². The number of hydrogen-bond donors (Lipinski definition) is 1. The van der Waals surface area contributed by atoms with E-state index in [1.165, 1.54) is 0 Å². The van der Waals surface area contributed by atoms with E-state index in [4.69, 9.17) is 16.3 Å². The fourth-order valence-corrected chi connectivity index (χ4v) is 6.00. The smallest absolute Gasteiger partial charge is 0.308 e. The fourth-order valence-electron chi connectivity index (χ4n) is 3.76. The molecule has 0 radical (unpaired) electrons. The second-order valence-electron chi connectivity index (χ2n) is 8.53. The maximum Gasteiger partial charge on any atom is 0.308 e. The highest BCUT2D eigenvalue weighted by Gasteiger charge is 2.17. The summed E-state index contributed by atoms with van der Waals surface area (Å²) in [5.41, 5.74) is 2.74. The summed E-state index contributed by atoms with van der Waals surface area (Å²) < 4.78 is 36.4. The maximum atomic E-state index is 12.9. The lowest BCUT2D eigenvalue weighted by Crippen LogP contribution is -2.25. The van der Waals surface area contributed by atoms with Gasteiger partial charge in [-0.3, -0.25) is 9.36 Å². The quantitative estimate of drug-likeness (QED) is 0.276. The largest absolute Gasteiger partial charge is 0.491 e. The number of aromatic nitrogens is 1. The Kier molecular flexibility index (Phi) is 7.96. The molecule has 0 saturated heterocycles. The zero-order valence-electron chi connectivity index (χ0n) is 19.5. The minimum absolute atomic E-state index is 0.0994. The van der Waals surface area contributed by atoms with Gasteiger partial charge in [-0.1, -0.05) is 47.2 Å². The standard InChI is InChI=1S/C26H27ClN2O4S2/c1-18(2)33-22-7-3-5-19(15-22)6-4-14-28-35(31,32)23-12-13-24-25(16-23)34-26(30)29(24)17-20-8-10-21(27)11-9-20/h3,5,7-13,15-16,18,28H,4,6,14,17H2,1-2H3. The minimum Gasteiger partial charge on any atom is -0.491 e. The van der Waals surface area contributed by atoms with E-state index in [2.05, 4.69) is 4.72 Å². The normalized spacial score (nSPS) is 11.9. The zero-order chi connectivity index (χ0) is 25.0. The third-order valence-electron chi connectivity index (χ3n) is 5.41. The Morgan fingerprint density at radius 3 is 2.54 bits per heavy atom. The molecule has 0 amide bonds. The van der Waals surface area contributed by atoms with Gasteiger partial charge in [0.25, 0.3) is 0 Å². The molecular weight excluding hydrogens is 504 g/mol. The van der Waals surface area contributed by atoms with Crippen LogP contribution in [0.2, 0.25) is 5.02 Å². The van der Waals surface area contributed by atoms with Crippen LogP contribution >= 0.6 is 22.9 Å². The Balaban J connectivity index is 1.41. The fraction of sp³-hybridized carbons (Fsp3) is 0.269. The molecule has 0 saturated carbocycles. The van der Waals surface area contributed by atoms with Crippen LogP contribution in [0.15, 0.2) is 76.4 Å². The summed E-state index contributed by atoms with van der Waals surface area (Å²) in [6.07, 6.45) is 1.48. The SMILES string of the molecule is CC(C)Oc1cccc(CCCNS(=O)(=O)c2ccc3c(c2)sc(=O)n3Cc2ccc(Cl)cc2)c1. The van der Waals surface area contributed by atoms with E-state index in [1.807, 2.05) is 50.2 Å². The molecule has 0 aliphatic carbocycles. The number of ether oxygens (including phenoxy) is 1. The third-order valence-corrected chi connectivity index (χ3v) is 8.06. The minimum atomic E-state index is -3.69. The molecule has 0 bridgehead atoms. The predicted molar refractivity (Wildman–Crippen MR) is 142 cm³/mol. The molecule has 0 aliphatic rings. The van der Waals surface area contributed by atoms with E-state index in [0.717, 1.165) is 34.6 Å². The van der Waals surface area contributed by atoms with Crippen LogP contribution in [0.5, 0.6) is 5.75 Å². The Hall–Kier alpha value is -2.65. The van der Waals surface area contributed by atoms with Gasteiger partial charge in [-0.05, 0) is 80.3 Å². The molecule has 9 heteroatoms. The van der Waals surface area contributed by atoms with Crippen molar-refractivity contribution in [1.82, 2.24) is 9.29 Å². The van der Waals surface area contributed by atoms with Crippen LogP contribution in [0.25, 0.3) is 10.2 Å². The van der Waals surface area contributed by atoms with E-state index in [1.54, 1.807) is 34.9 Å². The number of nitrogens with one attached hydrogen (secondary N) is 1. The summed E-state index contributed by atoms with van der Waals surface area (Å²) in [6, 6.07) is 19.9. The molecule has 4 rings (SSSR count). The number of benzene rings is 3. The van der Waals surface area contributed by atoms with Crippen molar-refractivity contribution in [2.75, 3.05) is 6.54 Å². The Labute approximate surface area is 214 Å². The van der Waals surface area contributed by atoms with Crippen molar-refractivity contribution in [3.05, 3.63) is 92.5 Å². The first-order chi connectivity index (χ1) is 16.7. The summed E-state index contributed by atoms with van der Waals surface area (Å²) in [7, 11) is -3.69. The average Bonchev–Trinajstić information content (AvgIpc) is 3.12. The number of hydrogen-bond acceptors (Lipinski definition) is 5. The van der Waals surface area contributed by atoms with Crippen LogP contribution < -0.4 is 14.3 Å². The maximum absolute atomic E-state index is 12.9. The van der Waals surface area contributed by atoms with E-state index in [0.29, 0.717) is 34.7 Å². The van der Waals surface area contributed by atoms with E-state index < -0.39 is 10.0 Å². The molecule has 6 nitrogen and oxygen atoms in total. The van der Waals surface area contributed by atoms with Crippen molar-refractivity contribution in [3.63, 3.8) is 0 Å². The first-order valence-electron chi connectivity index (χ1n) is 11.3. The number of halogens is 1. The predicted octanol–water partition coefficient (Wildman–Crippen LogP) is 5.46. The van der Waals surface area contributed by atoms with Gasteiger partial charge in [0.05, 0.1) is 27.8 Å². The summed E-state index contributed by atoms with van der Waals surface area (Å²) >= 11 is 6.98. The molecule has 35 heavy (non-hydrogen) atoms. The number of rotatable bonds is 10. The van der Waals surface area contributed by atoms with Gasteiger partial charge < -0.3 is 4.74 Å². The Morgan fingerprint density at radius 2 is 1.80 bits per heavy atom. The first-order valence-corrected chi connectivity index (χ1v) is 14.0. The van der Waals surface area contributed by atoms with Crippen molar-refractivity contribution in [1.29, 1.82) is 0 Å². The summed E-state index contributed by atoms with van der Waals surface area (Å²) in [5.74, 6) is 0.813. The highest BCUT2D eigenvalue weighted by molar-refractivity contribution is 7.89. The van der Waals surface area contributed by atoms with Gasteiger partial charge in [-0.25, -0.2) is 13.1 Å². The molecule has 4 aromatic rings. The molecular formula is C26H27ClN2O4S2. The molecule has 184 valence electrons. The van der Waals surface area contributed by atoms with Gasteiger partial charge in [-0.15, -0.1) is 0 Å². The monoisotopic (exact) mass is 530 g/mol. The van der Waals surface area contributed by atoms with Crippen LogP contribution in [-0.4, -0.2) is 25.6 Å². The van der Waals surface area contributed by atoms with Crippen LogP contribution in [0.3, 0.4) is 0 Å². The van der Waals surface area contributed by atoms with Crippen LogP contribution in [-0.2, 0) is 23.0 Å². The molecule has 3 aromatic carbocycles. The highest BCUT2D eigenvalue weighted by atomic mass is 35.5. The highest BCUT2D eigenvalue weighted by Crippen LogP contribution is 2.23. The van der Waals surface area contributed by atoms with Gasteiger partial charge in [0.1, 0.15) is 5.75 Å². The second-order valence-corrected chi connectivity index (χ2v) is 11.7. The van der Waals surface area contributed by atoms with Gasteiger partial charge >= 0.3 is 4.87 Å². The Bertz CT molecular complexity index is 1480. The number of aryl methyl sites for hydroxylation is 1. The number of fused-ring (bicyclic) bond motifs is 1. The molecule has 0 unspecified atom stereocenters.